The molecule has 1 nitrogen and oxygen atoms in total. The fourth-order valence-corrected chi connectivity index (χ4v) is 5.56. The summed E-state index contributed by atoms with van der Waals surface area (Å²) in [6, 6.07) is 6.11. The number of phenolic OH excluding ortho intramolecular Hbond substituents is 1. The Kier molecular flexibility index (Phi) is 4.03. The summed E-state index contributed by atoms with van der Waals surface area (Å²) in [5.41, 5.74) is 3.63. The molecule has 116 valence electrons. The maximum Gasteiger partial charge on any atom is 0.115 e. The van der Waals surface area contributed by atoms with Crippen molar-refractivity contribution in [1.82, 2.24) is 0 Å². The summed E-state index contributed by atoms with van der Waals surface area (Å²) in [5.74, 6) is 3.10. The summed E-state index contributed by atoms with van der Waals surface area (Å²) in [6.45, 7) is 6.55. The van der Waals surface area contributed by atoms with Crippen LogP contribution in [0, 0.1) is 17.3 Å². The lowest BCUT2D eigenvalue weighted by molar-refractivity contribution is 0.0598. The summed E-state index contributed by atoms with van der Waals surface area (Å²) in [7, 11) is 0. The Morgan fingerprint density at radius 2 is 1.90 bits per heavy atom. The van der Waals surface area contributed by atoms with Crippen molar-refractivity contribution < 1.29 is 5.11 Å². The van der Waals surface area contributed by atoms with Crippen LogP contribution < -0.4 is 0 Å². The van der Waals surface area contributed by atoms with Crippen LogP contribution in [0.2, 0.25) is 0 Å². The zero-order valence-corrected chi connectivity index (χ0v) is 13.9. The van der Waals surface area contributed by atoms with Crippen molar-refractivity contribution in [2.75, 3.05) is 0 Å². The first-order valence-electron chi connectivity index (χ1n) is 8.99. The Morgan fingerprint density at radius 1 is 1.10 bits per heavy atom. The minimum Gasteiger partial charge on any atom is -0.508 e. The lowest BCUT2D eigenvalue weighted by Crippen LogP contribution is -2.39. The molecule has 0 aromatic heterocycles. The topological polar surface area (TPSA) is 20.2 Å². The van der Waals surface area contributed by atoms with E-state index in [-0.39, 0.29) is 0 Å². The average molecular weight is 286 g/mol. The van der Waals surface area contributed by atoms with Crippen LogP contribution in [0.4, 0.5) is 0 Å². The molecule has 1 N–H and O–H groups in total. The Bertz CT molecular complexity index is 507. The predicted molar refractivity (Wildman–Crippen MR) is 88.7 cm³/mol. The van der Waals surface area contributed by atoms with E-state index < -0.39 is 0 Å². The molecule has 3 aliphatic carbocycles. The first kappa shape index (κ1) is 14.9. The van der Waals surface area contributed by atoms with Crippen molar-refractivity contribution in [2.24, 2.45) is 17.3 Å². The van der Waals surface area contributed by atoms with Crippen LogP contribution in [0.5, 0.6) is 5.75 Å². The molecular formula is C20H30O. The lowest BCUT2D eigenvalue weighted by Gasteiger charge is -2.49. The van der Waals surface area contributed by atoms with Gasteiger partial charge in [0.05, 0.1) is 0 Å². The molecule has 0 spiro atoms. The van der Waals surface area contributed by atoms with Gasteiger partial charge in [0.1, 0.15) is 5.75 Å². The maximum atomic E-state index is 9.68. The number of fused-ring (bicyclic) bond motifs is 5. The normalized spacial score (nSPS) is 36.8. The van der Waals surface area contributed by atoms with Gasteiger partial charge in [0.2, 0.25) is 0 Å². The summed E-state index contributed by atoms with van der Waals surface area (Å²) < 4.78 is 0. The van der Waals surface area contributed by atoms with Crippen molar-refractivity contribution in [3.05, 3.63) is 29.3 Å². The van der Waals surface area contributed by atoms with Gasteiger partial charge >= 0.3 is 0 Å². The summed E-state index contributed by atoms with van der Waals surface area (Å²) in [6.07, 6.45) is 9.69. The van der Waals surface area contributed by atoms with Gasteiger partial charge in [-0.1, -0.05) is 33.3 Å². The molecule has 2 saturated carbocycles. The van der Waals surface area contributed by atoms with E-state index in [0.717, 1.165) is 17.8 Å². The Labute approximate surface area is 129 Å². The largest absolute Gasteiger partial charge is 0.508 e. The number of aromatic hydroxyl groups is 1. The first-order chi connectivity index (χ1) is 10.2. The lowest BCUT2D eigenvalue weighted by atomic mass is 9.56. The van der Waals surface area contributed by atoms with E-state index in [1.165, 1.54) is 50.5 Å². The molecule has 0 radical (unpaired) electrons. The van der Waals surface area contributed by atoms with E-state index in [2.05, 4.69) is 13.0 Å². The van der Waals surface area contributed by atoms with Gasteiger partial charge in [-0.3, -0.25) is 0 Å². The highest BCUT2D eigenvalue weighted by Crippen LogP contribution is 2.60. The Morgan fingerprint density at radius 3 is 2.71 bits per heavy atom. The van der Waals surface area contributed by atoms with Crippen molar-refractivity contribution in [1.29, 1.82) is 0 Å². The second kappa shape index (κ2) is 5.66. The van der Waals surface area contributed by atoms with E-state index in [0.29, 0.717) is 11.2 Å². The van der Waals surface area contributed by atoms with Crippen molar-refractivity contribution >= 4 is 0 Å². The van der Waals surface area contributed by atoms with E-state index >= 15 is 0 Å². The van der Waals surface area contributed by atoms with Crippen molar-refractivity contribution in [2.45, 2.75) is 71.6 Å². The maximum absolute atomic E-state index is 9.68. The number of phenols is 1. The molecule has 2 fully saturated rings. The molecule has 0 heterocycles. The van der Waals surface area contributed by atoms with Crippen LogP contribution >= 0.6 is 0 Å². The van der Waals surface area contributed by atoms with Gasteiger partial charge in [0, 0.05) is 0 Å². The van der Waals surface area contributed by atoms with Crippen molar-refractivity contribution in [3.8, 4) is 5.75 Å². The van der Waals surface area contributed by atoms with E-state index in [1.54, 1.807) is 5.56 Å². The highest BCUT2D eigenvalue weighted by atomic mass is 16.3. The van der Waals surface area contributed by atoms with Gasteiger partial charge in [0.25, 0.3) is 0 Å². The van der Waals surface area contributed by atoms with Crippen LogP contribution in [-0.4, -0.2) is 5.11 Å². The molecule has 4 atom stereocenters. The molecular weight excluding hydrogens is 256 g/mol. The first-order valence-corrected chi connectivity index (χ1v) is 8.99. The predicted octanol–water partition coefficient (Wildman–Crippen LogP) is 5.66. The molecule has 1 heteroatoms. The monoisotopic (exact) mass is 286 g/mol. The summed E-state index contributed by atoms with van der Waals surface area (Å²) >= 11 is 0. The van der Waals surface area contributed by atoms with Gasteiger partial charge in [-0.25, -0.2) is 0 Å². The van der Waals surface area contributed by atoms with Gasteiger partial charge in [-0.2, -0.15) is 0 Å². The quantitative estimate of drug-likeness (QED) is 0.652. The molecule has 21 heavy (non-hydrogen) atoms. The van der Waals surface area contributed by atoms with E-state index in [9.17, 15) is 5.11 Å². The van der Waals surface area contributed by atoms with Crippen LogP contribution in [-0.2, 0) is 6.42 Å². The highest BCUT2D eigenvalue weighted by molar-refractivity contribution is 5.40. The third-order valence-electron chi connectivity index (χ3n) is 6.49. The molecule has 0 bridgehead atoms. The van der Waals surface area contributed by atoms with Gasteiger partial charge in [0.15, 0.2) is 0 Å². The minimum atomic E-state index is 0.443. The van der Waals surface area contributed by atoms with E-state index in [4.69, 9.17) is 0 Å². The third kappa shape index (κ3) is 2.39. The zero-order valence-electron chi connectivity index (χ0n) is 13.9. The van der Waals surface area contributed by atoms with Gasteiger partial charge in [-0.15, -0.1) is 0 Å². The molecule has 1 aromatic carbocycles. The van der Waals surface area contributed by atoms with Crippen LogP contribution in [0.25, 0.3) is 0 Å². The smallest absolute Gasteiger partial charge is 0.115 e. The zero-order chi connectivity index (χ0) is 15.0. The fourth-order valence-electron chi connectivity index (χ4n) is 5.56. The molecule has 3 aliphatic rings. The molecule has 4 unspecified atom stereocenters. The van der Waals surface area contributed by atoms with Gasteiger partial charge < -0.3 is 5.11 Å². The number of aryl methyl sites for hydroxylation is 1. The number of rotatable bonds is 0. The van der Waals surface area contributed by atoms with E-state index in [1.807, 2.05) is 26.0 Å². The second-order valence-corrected chi connectivity index (χ2v) is 7.38. The third-order valence-corrected chi connectivity index (χ3v) is 6.49. The molecule has 0 saturated heterocycles. The minimum absolute atomic E-state index is 0.443. The molecule has 1 aromatic rings. The van der Waals surface area contributed by atoms with Crippen LogP contribution in [0.15, 0.2) is 18.2 Å². The molecule has 4 rings (SSSR count). The number of hydrogen-bond acceptors (Lipinski definition) is 1. The van der Waals surface area contributed by atoms with Gasteiger partial charge in [-0.05, 0) is 85.0 Å². The molecule has 0 aliphatic heterocycles. The van der Waals surface area contributed by atoms with Crippen LogP contribution in [0.3, 0.4) is 0 Å². The Balaban J connectivity index is 0.000000636. The van der Waals surface area contributed by atoms with Crippen molar-refractivity contribution in [3.63, 3.8) is 0 Å². The molecule has 0 amide bonds. The average Bonchev–Trinajstić information content (AvgIpc) is 2.90. The van der Waals surface area contributed by atoms with Crippen LogP contribution in [0.1, 0.15) is 76.3 Å². The summed E-state index contributed by atoms with van der Waals surface area (Å²) in [5, 5.41) is 9.68. The Hall–Kier alpha value is -0.980. The standard InChI is InChI=1S/C18H24O.C2H6/c1-18-9-2-3-17(18)16-6-4-12-11-13(19)5-7-14(12)15(16)8-10-18;1-2/h5,7,11,15-17,19H,2-4,6,8-10H2,1H3;1-2H3. The highest BCUT2D eigenvalue weighted by Gasteiger charge is 2.50. The SMILES string of the molecule is CC.CC12CCCC1C1CCc3cc(O)ccc3C1CC2. The summed E-state index contributed by atoms with van der Waals surface area (Å²) in [4.78, 5) is 0. The second-order valence-electron chi connectivity index (χ2n) is 7.38. The number of hydrogen-bond donors (Lipinski definition) is 1. The number of benzene rings is 1. The fraction of sp³-hybridized carbons (Fsp3) is 0.700.